The van der Waals surface area contributed by atoms with Crippen molar-refractivity contribution in [1.29, 1.82) is 0 Å². The summed E-state index contributed by atoms with van der Waals surface area (Å²) in [5, 5.41) is 18.8. The summed E-state index contributed by atoms with van der Waals surface area (Å²) in [5.41, 5.74) is 8.14. The first-order chi connectivity index (χ1) is 27.6. The summed E-state index contributed by atoms with van der Waals surface area (Å²) in [6.07, 6.45) is 8.83. The van der Waals surface area contributed by atoms with Gasteiger partial charge in [0.2, 0.25) is 5.91 Å². The number of esters is 1. The van der Waals surface area contributed by atoms with Crippen LogP contribution in [0.15, 0.2) is 29.4 Å². The Morgan fingerprint density at radius 3 is 1.68 bits per heavy atom. The van der Waals surface area contributed by atoms with Crippen molar-refractivity contribution in [3.63, 3.8) is 0 Å². The number of nitrogens with one attached hydrogen (secondary N) is 2. The minimum absolute atomic E-state index is 0.120. The molecule has 57 heavy (non-hydrogen) atoms. The summed E-state index contributed by atoms with van der Waals surface area (Å²) < 4.78 is 43.6. The standard InChI is InChI=1S/C40H69N5O12/c1-40(2,3)57-39(49)34-12-14-35(15-13-34)56-21-11-9-7-5-4-6-8-10-18-42-36(38(47)48)16-17-37(46)43-19-22-50-24-26-52-28-30-54-32-33-55-31-29-53-27-25-51-23-20-44-45-41/h12-15,36,42H,4-11,16-33H2,1-3H3,(H,43,46)(H,47,48)/t36-/m0/s1. The van der Waals surface area contributed by atoms with Gasteiger partial charge in [-0.25, -0.2) is 4.79 Å². The molecular formula is C40H69N5O12. The molecule has 0 aliphatic rings. The SMILES string of the molecule is CC(C)(C)OC(=O)c1ccc(OCCCCCCCCCCN[C@@H](CCC(=O)NCCOCCOCCOCCOCCOCCOCCN=[N+]=[N-])C(=O)O)cc1. The van der Waals surface area contributed by atoms with Gasteiger partial charge in [-0.3, -0.25) is 9.59 Å². The van der Waals surface area contributed by atoms with Crippen LogP contribution in [-0.2, 0) is 42.7 Å². The minimum atomic E-state index is -0.951. The molecule has 1 amide bonds. The second kappa shape index (κ2) is 35.6. The van der Waals surface area contributed by atoms with Gasteiger partial charge >= 0.3 is 11.9 Å². The van der Waals surface area contributed by atoms with Crippen LogP contribution in [0.3, 0.4) is 0 Å². The number of aliphatic carboxylic acids is 1. The van der Waals surface area contributed by atoms with Crippen molar-refractivity contribution in [2.75, 3.05) is 106 Å². The number of carboxylic acid groups (broad SMARTS) is 1. The maximum Gasteiger partial charge on any atom is 0.338 e. The Morgan fingerprint density at radius 2 is 1.18 bits per heavy atom. The van der Waals surface area contributed by atoms with Crippen molar-refractivity contribution in [2.24, 2.45) is 5.11 Å². The Kier molecular flexibility index (Phi) is 32.2. The molecule has 0 bridgehead atoms. The quantitative estimate of drug-likeness (QED) is 0.0247. The molecule has 0 spiro atoms. The average molecular weight is 812 g/mol. The Hall–Kier alpha value is -3.54. The lowest BCUT2D eigenvalue weighted by Gasteiger charge is -2.19. The molecule has 0 aromatic heterocycles. The van der Waals surface area contributed by atoms with E-state index in [1.54, 1.807) is 24.3 Å². The van der Waals surface area contributed by atoms with Crippen molar-refractivity contribution in [2.45, 2.75) is 96.6 Å². The number of hydrogen-bond acceptors (Lipinski definition) is 13. The first kappa shape index (κ1) is 51.5. The molecule has 1 aromatic carbocycles. The Balaban J connectivity index is 1.88. The highest BCUT2D eigenvalue weighted by Crippen LogP contribution is 2.17. The Morgan fingerprint density at radius 1 is 0.684 bits per heavy atom. The van der Waals surface area contributed by atoms with Crippen molar-refractivity contribution in [1.82, 2.24) is 10.6 Å². The maximum atomic E-state index is 12.2. The van der Waals surface area contributed by atoms with Crippen LogP contribution in [0, 0.1) is 0 Å². The van der Waals surface area contributed by atoms with Crippen LogP contribution < -0.4 is 15.4 Å². The van der Waals surface area contributed by atoms with Crippen LogP contribution >= 0.6 is 0 Å². The molecule has 17 heteroatoms. The second-order valence-electron chi connectivity index (χ2n) is 14.1. The van der Waals surface area contributed by atoms with E-state index in [-0.39, 0.29) is 24.7 Å². The van der Waals surface area contributed by atoms with E-state index in [1.807, 2.05) is 20.8 Å². The molecule has 3 N–H and O–H groups in total. The summed E-state index contributed by atoms with van der Waals surface area (Å²) >= 11 is 0. The summed E-state index contributed by atoms with van der Waals surface area (Å²) in [6, 6.07) is 6.28. The molecule has 0 fully saturated rings. The van der Waals surface area contributed by atoms with E-state index in [4.69, 9.17) is 43.4 Å². The molecule has 326 valence electrons. The highest BCUT2D eigenvalue weighted by atomic mass is 16.6. The van der Waals surface area contributed by atoms with Gasteiger partial charge in [0.15, 0.2) is 0 Å². The van der Waals surface area contributed by atoms with Crippen molar-refractivity contribution in [3.8, 4) is 5.75 Å². The normalized spacial score (nSPS) is 11.8. The molecule has 0 radical (unpaired) electrons. The van der Waals surface area contributed by atoms with Crippen molar-refractivity contribution < 1.29 is 57.4 Å². The summed E-state index contributed by atoms with van der Waals surface area (Å²) in [4.78, 5) is 38.6. The third-order valence-electron chi connectivity index (χ3n) is 8.01. The zero-order valence-corrected chi connectivity index (χ0v) is 34.6. The smallest absolute Gasteiger partial charge is 0.338 e. The molecule has 17 nitrogen and oxygen atoms in total. The lowest BCUT2D eigenvalue weighted by atomic mass is 10.1. The van der Waals surface area contributed by atoms with E-state index in [0.29, 0.717) is 111 Å². The number of unbranched alkanes of at least 4 members (excludes halogenated alkanes) is 7. The molecular weight excluding hydrogens is 742 g/mol. The van der Waals surface area contributed by atoms with E-state index in [9.17, 15) is 19.5 Å². The van der Waals surface area contributed by atoms with Gasteiger partial charge in [-0.15, -0.1) is 0 Å². The van der Waals surface area contributed by atoms with Gasteiger partial charge in [0.1, 0.15) is 17.4 Å². The van der Waals surface area contributed by atoms with E-state index in [1.165, 1.54) is 0 Å². The second-order valence-corrected chi connectivity index (χ2v) is 14.1. The fourth-order valence-electron chi connectivity index (χ4n) is 5.07. The van der Waals surface area contributed by atoms with E-state index in [2.05, 4.69) is 20.7 Å². The molecule has 1 rings (SSSR count). The van der Waals surface area contributed by atoms with Crippen LogP contribution in [0.1, 0.15) is 95.3 Å². The molecule has 0 heterocycles. The third kappa shape index (κ3) is 33.2. The molecule has 0 aliphatic heterocycles. The number of ether oxygens (including phenoxy) is 8. The highest BCUT2D eigenvalue weighted by Gasteiger charge is 2.19. The van der Waals surface area contributed by atoms with E-state index in [0.717, 1.165) is 57.1 Å². The third-order valence-corrected chi connectivity index (χ3v) is 8.01. The van der Waals surface area contributed by atoms with Gasteiger partial charge in [0, 0.05) is 24.4 Å². The van der Waals surface area contributed by atoms with E-state index < -0.39 is 17.6 Å². The number of carbonyl (C=O) groups is 3. The van der Waals surface area contributed by atoms with Gasteiger partial charge in [0.25, 0.3) is 0 Å². The topological polar surface area (TPSA) is 218 Å². The Bertz CT molecular complexity index is 1210. The fraction of sp³-hybridized carbons (Fsp3) is 0.775. The lowest BCUT2D eigenvalue weighted by molar-refractivity contribution is -0.139. The van der Waals surface area contributed by atoms with Gasteiger partial charge in [-0.05, 0) is 76.4 Å². The zero-order valence-electron chi connectivity index (χ0n) is 34.6. The predicted molar refractivity (Wildman–Crippen MR) is 215 cm³/mol. The van der Waals surface area contributed by atoms with Gasteiger partial charge in [-0.2, -0.15) is 0 Å². The molecule has 1 atom stereocenters. The van der Waals surface area contributed by atoms with Crippen LogP contribution in [-0.4, -0.2) is 140 Å². The fourth-order valence-corrected chi connectivity index (χ4v) is 5.07. The van der Waals surface area contributed by atoms with Crippen molar-refractivity contribution >= 4 is 17.8 Å². The monoisotopic (exact) mass is 811 g/mol. The number of azide groups is 1. The molecule has 0 saturated heterocycles. The number of carboxylic acids is 1. The summed E-state index contributed by atoms with van der Waals surface area (Å²) in [6.45, 7) is 12.5. The molecule has 0 aliphatic carbocycles. The van der Waals surface area contributed by atoms with Crippen LogP contribution in [0.25, 0.3) is 10.4 Å². The molecule has 0 saturated carbocycles. The number of amides is 1. The van der Waals surface area contributed by atoms with Crippen LogP contribution in [0.4, 0.5) is 0 Å². The molecule has 0 unspecified atom stereocenters. The first-order valence-electron chi connectivity index (χ1n) is 20.3. The highest BCUT2D eigenvalue weighted by molar-refractivity contribution is 5.89. The number of nitrogens with zero attached hydrogens (tertiary/aromatic N) is 3. The maximum absolute atomic E-state index is 12.2. The van der Waals surface area contributed by atoms with Crippen molar-refractivity contribution in [3.05, 3.63) is 40.3 Å². The number of benzene rings is 1. The van der Waals surface area contributed by atoms with Gasteiger partial charge < -0.3 is 53.6 Å². The predicted octanol–water partition coefficient (Wildman–Crippen LogP) is 5.49. The van der Waals surface area contributed by atoms with Crippen LogP contribution in [0.5, 0.6) is 5.75 Å². The average Bonchev–Trinajstić information content (AvgIpc) is 3.17. The first-order valence-corrected chi connectivity index (χ1v) is 20.3. The number of carbonyl (C=O) groups excluding carboxylic acids is 2. The lowest BCUT2D eigenvalue weighted by Crippen LogP contribution is -2.38. The number of rotatable bonds is 39. The Labute approximate surface area is 338 Å². The van der Waals surface area contributed by atoms with Gasteiger partial charge in [0.05, 0.1) is 91.5 Å². The summed E-state index contributed by atoms with van der Waals surface area (Å²) in [5.74, 6) is -0.761. The van der Waals surface area contributed by atoms with Crippen LogP contribution in [0.2, 0.25) is 0 Å². The summed E-state index contributed by atoms with van der Waals surface area (Å²) in [7, 11) is 0. The zero-order chi connectivity index (χ0) is 41.7. The minimum Gasteiger partial charge on any atom is -0.494 e. The number of hydrogen-bond donors (Lipinski definition) is 3. The molecule has 1 aromatic rings. The largest absolute Gasteiger partial charge is 0.494 e. The van der Waals surface area contributed by atoms with Gasteiger partial charge in [-0.1, -0.05) is 43.6 Å². The van der Waals surface area contributed by atoms with E-state index >= 15 is 0 Å².